The van der Waals surface area contributed by atoms with E-state index in [1.54, 1.807) is 7.11 Å². The maximum absolute atomic E-state index is 5.85. The van der Waals surface area contributed by atoms with Gasteiger partial charge in [-0.3, -0.25) is 0 Å². The minimum absolute atomic E-state index is 0.634. The van der Waals surface area contributed by atoms with Crippen molar-refractivity contribution in [2.45, 2.75) is 0 Å². The lowest BCUT2D eigenvalue weighted by atomic mass is 10.1. The molecule has 82 valence electrons. The van der Waals surface area contributed by atoms with E-state index in [0.717, 1.165) is 16.1 Å². The molecule has 0 aliphatic carbocycles. The Morgan fingerprint density at radius 3 is 2.19 bits per heavy atom. The fourth-order valence-electron chi connectivity index (χ4n) is 1.56. The molecule has 0 spiro atoms. The number of nitrogen functional groups attached to an aromatic ring is 1. The average molecular weight is 234 g/mol. The summed E-state index contributed by atoms with van der Waals surface area (Å²) in [5.74, 6) is 0.692. The van der Waals surface area contributed by atoms with Crippen molar-refractivity contribution in [1.82, 2.24) is 0 Å². The average Bonchev–Trinajstić information content (AvgIpc) is 2.30. The van der Waals surface area contributed by atoms with Crippen molar-refractivity contribution in [2.24, 2.45) is 0 Å². The molecule has 0 saturated carbocycles. The van der Waals surface area contributed by atoms with Crippen LogP contribution in [0.4, 0.5) is 5.69 Å². The Morgan fingerprint density at radius 1 is 1.00 bits per heavy atom. The Balaban J connectivity index is 2.41. The van der Waals surface area contributed by atoms with Crippen LogP contribution in [0.2, 0.25) is 5.02 Å². The van der Waals surface area contributed by atoms with Gasteiger partial charge in [0.05, 0.1) is 12.8 Å². The SMILES string of the molecule is COc1ccc(-c2ccc(Cl)cc2)cc1N. The zero-order valence-corrected chi connectivity index (χ0v) is 9.66. The molecule has 0 aliphatic rings. The van der Waals surface area contributed by atoms with Crippen LogP contribution in [0.15, 0.2) is 42.5 Å². The van der Waals surface area contributed by atoms with Gasteiger partial charge in [0, 0.05) is 5.02 Å². The van der Waals surface area contributed by atoms with E-state index in [0.29, 0.717) is 11.4 Å². The molecule has 0 fully saturated rings. The first-order valence-corrected chi connectivity index (χ1v) is 5.28. The Morgan fingerprint density at radius 2 is 1.62 bits per heavy atom. The highest BCUT2D eigenvalue weighted by atomic mass is 35.5. The third kappa shape index (κ3) is 2.12. The Kier molecular flexibility index (Phi) is 3.02. The molecule has 16 heavy (non-hydrogen) atoms. The van der Waals surface area contributed by atoms with E-state index in [1.165, 1.54) is 0 Å². The summed E-state index contributed by atoms with van der Waals surface area (Å²) >= 11 is 5.83. The lowest BCUT2D eigenvalue weighted by molar-refractivity contribution is 0.417. The molecule has 2 rings (SSSR count). The molecule has 0 atom stereocenters. The van der Waals surface area contributed by atoms with E-state index in [9.17, 15) is 0 Å². The Bertz CT molecular complexity index is 494. The maximum Gasteiger partial charge on any atom is 0.141 e. The molecular formula is C13H12ClNO. The first-order chi connectivity index (χ1) is 7.70. The lowest BCUT2D eigenvalue weighted by Crippen LogP contribution is -1.92. The topological polar surface area (TPSA) is 35.2 Å². The summed E-state index contributed by atoms with van der Waals surface area (Å²) in [7, 11) is 1.60. The van der Waals surface area contributed by atoms with Gasteiger partial charge in [-0.2, -0.15) is 0 Å². The summed E-state index contributed by atoms with van der Waals surface area (Å²) in [5, 5.41) is 0.727. The van der Waals surface area contributed by atoms with E-state index in [2.05, 4.69) is 0 Å². The van der Waals surface area contributed by atoms with Crippen LogP contribution in [0.5, 0.6) is 5.75 Å². The van der Waals surface area contributed by atoms with Crippen LogP contribution in [0, 0.1) is 0 Å². The predicted octanol–water partition coefficient (Wildman–Crippen LogP) is 3.60. The monoisotopic (exact) mass is 233 g/mol. The largest absolute Gasteiger partial charge is 0.495 e. The quantitative estimate of drug-likeness (QED) is 0.805. The maximum atomic E-state index is 5.85. The van der Waals surface area contributed by atoms with Crippen molar-refractivity contribution in [3.05, 3.63) is 47.5 Å². The molecule has 3 heteroatoms. The molecule has 0 aromatic heterocycles. The molecule has 2 N–H and O–H groups in total. The van der Waals surface area contributed by atoms with Crippen LogP contribution in [-0.4, -0.2) is 7.11 Å². The molecule has 2 aromatic rings. The summed E-state index contributed by atoms with van der Waals surface area (Å²) in [6.07, 6.45) is 0. The van der Waals surface area contributed by atoms with Gasteiger partial charge in [0.25, 0.3) is 0 Å². The number of hydrogen-bond donors (Lipinski definition) is 1. The van der Waals surface area contributed by atoms with Gasteiger partial charge in [-0.1, -0.05) is 29.8 Å². The highest BCUT2D eigenvalue weighted by Crippen LogP contribution is 2.28. The fourth-order valence-corrected chi connectivity index (χ4v) is 1.68. The van der Waals surface area contributed by atoms with Crippen molar-refractivity contribution in [3.8, 4) is 16.9 Å². The van der Waals surface area contributed by atoms with Gasteiger partial charge in [0.2, 0.25) is 0 Å². The summed E-state index contributed by atoms with van der Waals surface area (Å²) in [4.78, 5) is 0. The molecule has 2 nitrogen and oxygen atoms in total. The molecular weight excluding hydrogens is 222 g/mol. The smallest absolute Gasteiger partial charge is 0.141 e. The highest BCUT2D eigenvalue weighted by molar-refractivity contribution is 6.30. The van der Waals surface area contributed by atoms with Crippen LogP contribution < -0.4 is 10.5 Å². The van der Waals surface area contributed by atoms with E-state index >= 15 is 0 Å². The Labute approximate surface area is 99.6 Å². The summed E-state index contributed by atoms with van der Waals surface area (Å²) in [6, 6.07) is 13.4. The summed E-state index contributed by atoms with van der Waals surface area (Å²) in [6.45, 7) is 0. The summed E-state index contributed by atoms with van der Waals surface area (Å²) in [5.41, 5.74) is 8.62. The normalized spacial score (nSPS) is 10.1. The minimum atomic E-state index is 0.634. The van der Waals surface area contributed by atoms with Gasteiger partial charge in [0.15, 0.2) is 0 Å². The van der Waals surface area contributed by atoms with E-state index in [1.807, 2.05) is 42.5 Å². The molecule has 0 saturated heterocycles. The van der Waals surface area contributed by atoms with Crippen molar-refractivity contribution < 1.29 is 4.74 Å². The van der Waals surface area contributed by atoms with Crippen LogP contribution >= 0.6 is 11.6 Å². The number of hydrogen-bond acceptors (Lipinski definition) is 2. The highest BCUT2D eigenvalue weighted by Gasteiger charge is 2.02. The molecule has 0 amide bonds. The molecule has 0 unspecified atom stereocenters. The zero-order valence-electron chi connectivity index (χ0n) is 8.91. The van der Waals surface area contributed by atoms with E-state index in [4.69, 9.17) is 22.1 Å². The van der Waals surface area contributed by atoms with Gasteiger partial charge in [0.1, 0.15) is 5.75 Å². The first kappa shape index (κ1) is 10.8. The van der Waals surface area contributed by atoms with E-state index in [-0.39, 0.29) is 0 Å². The number of rotatable bonds is 2. The van der Waals surface area contributed by atoms with Crippen molar-refractivity contribution >= 4 is 17.3 Å². The number of nitrogens with two attached hydrogens (primary N) is 1. The second-order valence-electron chi connectivity index (χ2n) is 3.46. The molecule has 0 radical (unpaired) electrons. The van der Waals surface area contributed by atoms with Gasteiger partial charge >= 0.3 is 0 Å². The standard InChI is InChI=1S/C13H12ClNO/c1-16-13-7-4-10(8-12(13)15)9-2-5-11(14)6-3-9/h2-8H,15H2,1H3. The van der Waals surface area contributed by atoms with E-state index < -0.39 is 0 Å². The number of anilines is 1. The predicted molar refractivity (Wildman–Crippen MR) is 67.9 cm³/mol. The number of ether oxygens (including phenoxy) is 1. The number of methoxy groups -OCH3 is 1. The molecule has 0 aliphatic heterocycles. The Hall–Kier alpha value is -1.67. The van der Waals surface area contributed by atoms with Crippen LogP contribution in [0.25, 0.3) is 11.1 Å². The second kappa shape index (κ2) is 4.45. The third-order valence-corrected chi connectivity index (χ3v) is 2.66. The second-order valence-corrected chi connectivity index (χ2v) is 3.90. The van der Waals surface area contributed by atoms with Gasteiger partial charge in [-0.15, -0.1) is 0 Å². The van der Waals surface area contributed by atoms with Crippen LogP contribution in [0.1, 0.15) is 0 Å². The number of halogens is 1. The zero-order chi connectivity index (χ0) is 11.5. The molecule has 2 aromatic carbocycles. The van der Waals surface area contributed by atoms with Crippen molar-refractivity contribution in [1.29, 1.82) is 0 Å². The first-order valence-electron chi connectivity index (χ1n) is 4.90. The van der Waals surface area contributed by atoms with Crippen LogP contribution in [-0.2, 0) is 0 Å². The fraction of sp³-hybridized carbons (Fsp3) is 0.0769. The van der Waals surface area contributed by atoms with Crippen molar-refractivity contribution in [2.75, 3.05) is 12.8 Å². The van der Waals surface area contributed by atoms with Gasteiger partial charge in [-0.25, -0.2) is 0 Å². The minimum Gasteiger partial charge on any atom is -0.495 e. The van der Waals surface area contributed by atoms with Crippen molar-refractivity contribution in [3.63, 3.8) is 0 Å². The summed E-state index contributed by atoms with van der Waals surface area (Å²) < 4.78 is 5.11. The lowest BCUT2D eigenvalue weighted by Gasteiger charge is -2.07. The van der Waals surface area contributed by atoms with Gasteiger partial charge in [-0.05, 0) is 35.4 Å². The van der Waals surface area contributed by atoms with Crippen LogP contribution in [0.3, 0.4) is 0 Å². The molecule has 0 bridgehead atoms. The molecule has 0 heterocycles. The van der Waals surface area contributed by atoms with Gasteiger partial charge < -0.3 is 10.5 Å². The number of benzene rings is 2. The third-order valence-electron chi connectivity index (χ3n) is 2.41.